The number of likely N-dealkylation sites (tertiary alicyclic amines) is 1. The van der Waals surface area contributed by atoms with E-state index in [0.717, 1.165) is 45.1 Å². The molecule has 0 amide bonds. The zero-order chi connectivity index (χ0) is 23.4. The Morgan fingerprint density at radius 2 is 1.38 bits per heavy atom. The van der Waals surface area contributed by atoms with E-state index in [9.17, 15) is 35.7 Å². The van der Waals surface area contributed by atoms with E-state index in [1.807, 2.05) is 0 Å². The molecule has 32 heavy (non-hydrogen) atoms. The van der Waals surface area contributed by atoms with Crippen molar-refractivity contribution in [2.75, 3.05) is 26.3 Å². The Bertz CT molecular complexity index is 571. The van der Waals surface area contributed by atoms with Crippen LogP contribution in [-0.2, 0) is 9.47 Å². The van der Waals surface area contributed by atoms with Crippen molar-refractivity contribution in [3.05, 3.63) is 0 Å². The zero-order valence-electron chi connectivity index (χ0n) is 18.4. The summed E-state index contributed by atoms with van der Waals surface area (Å²) in [5.74, 6) is -0.532. The molecule has 9 N–H and O–H groups in total. The second kappa shape index (κ2) is 11.8. The fourth-order valence-electron chi connectivity index (χ4n) is 5.23. The molecule has 3 aliphatic rings. The molecular weight excluding hydrogens is 424 g/mol. The van der Waals surface area contributed by atoms with Crippen molar-refractivity contribution in [1.29, 1.82) is 0 Å². The van der Waals surface area contributed by atoms with Gasteiger partial charge in [0.15, 0.2) is 6.29 Å². The fraction of sp³-hybridized carbons (Fsp3) is 1.00. The van der Waals surface area contributed by atoms with Gasteiger partial charge in [0.05, 0.1) is 31.5 Å². The lowest BCUT2D eigenvalue weighted by Gasteiger charge is -2.43. The molecule has 0 bridgehead atoms. The van der Waals surface area contributed by atoms with Crippen molar-refractivity contribution in [1.82, 2.24) is 4.90 Å². The van der Waals surface area contributed by atoms with Gasteiger partial charge in [0.25, 0.3) is 0 Å². The highest BCUT2D eigenvalue weighted by Crippen LogP contribution is 2.46. The van der Waals surface area contributed by atoms with Gasteiger partial charge in [-0.2, -0.15) is 0 Å². The van der Waals surface area contributed by atoms with Gasteiger partial charge in [-0.3, -0.25) is 4.90 Å². The van der Waals surface area contributed by atoms with Gasteiger partial charge in [0.2, 0.25) is 0 Å². The molecule has 2 heterocycles. The molecule has 2 aliphatic heterocycles. The van der Waals surface area contributed by atoms with Crippen molar-refractivity contribution in [2.24, 2.45) is 11.7 Å². The first-order valence-corrected chi connectivity index (χ1v) is 11.8. The van der Waals surface area contributed by atoms with Crippen LogP contribution in [-0.4, -0.2) is 128 Å². The first-order chi connectivity index (χ1) is 15.4. The van der Waals surface area contributed by atoms with Crippen LogP contribution in [0.3, 0.4) is 0 Å². The second-order valence-electron chi connectivity index (χ2n) is 9.25. The van der Waals surface area contributed by atoms with E-state index in [1.165, 1.54) is 0 Å². The van der Waals surface area contributed by atoms with E-state index in [4.69, 9.17) is 15.2 Å². The SMILES string of the molecule is NCCCCCCCCN1C2C(O)C(O)C(OC3OC(CO)C(O)C(O)C3O)C(CO)C21. The number of hydrogen-bond acceptors (Lipinski definition) is 11. The van der Waals surface area contributed by atoms with Crippen LogP contribution >= 0.6 is 0 Å². The highest BCUT2D eigenvalue weighted by Gasteiger charge is 2.64. The Balaban J connectivity index is 1.57. The minimum absolute atomic E-state index is 0.175. The van der Waals surface area contributed by atoms with Crippen LogP contribution in [0.1, 0.15) is 38.5 Å². The van der Waals surface area contributed by atoms with Gasteiger partial charge in [-0.15, -0.1) is 0 Å². The lowest BCUT2D eigenvalue weighted by Crippen LogP contribution is -2.62. The average molecular weight is 465 g/mol. The number of nitrogens with two attached hydrogens (primary N) is 1. The lowest BCUT2D eigenvalue weighted by molar-refractivity contribution is -0.326. The maximum Gasteiger partial charge on any atom is 0.187 e. The Kier molecular flexibility index (Phi) is 9.65. The third kappa shape index (κ3) is 5.44. The Morgan fingerprint density at radius 1 is 0.719 bits per heavy atom. The van der Waals surface area contributed by atoms with E-state index in [1.54, 1.807) is 0 Å². The van der Waals surface area contributed by atoms with E-state index in [2.05, 4.69) is 4.90 Å². The highest BCUT2D eigenvalue weighted by molar-refractivity contribution is 5.17. The largest absolute Gasteiger partial charge is 0.396 e. The van der Waals surface area contributed by atoms with Crippen LogP contribution in [0.25, 0.3) is 0 Å². The molecular formula is C21H40N2O9. The van der Waals surface area contributed by atoms with E-state index in [0.29, 0.717) is 6.54 Å². The van der Waals surface area contributed by atoms with E-state index >= 15 is 0 Å². The van der Waals surface area contributed by atoms with Gasteiger partial charge in [-0.05, 0) is 25.9 Å². The molecule has 0 aromatic heterocycles. The van der Waals surface area contributed by atoms with Gasteiger partial charge in [0.1, 0.15) is 30.5 Å². The van der Waals surface area contributed by atoms with Crippen LogP contribution in [0.2, 0.25) is 0 Å². The van der Waals surface area contributed by atoms with Crippen molar-refractivity contribution in [3.63, 3.8) is 0 Å². The predicted octanol–water partition coefficient (Wildman–Crippen LogP) is -3.13. The third-order valence-electron chi connectivity index (χ3n) is 7.14. The second-order valence-corrected chi connectivity index (χ2v) is 9.25. The number of aliphatic hydroxyl groups excluding tert-OH is 7. The molecule has 3 fully saturated rings. The summed E-state index contributed by atoms with van der Waals surface area (Å²) in [7, 11) is 0. The summed E-state index contributed by atoms with van der Waals surface area (Å²) in [6.45, 7) is 0.545. The average Bonchev–Trinajstić information content (AvgIpc) is 3.50. The minimum atomic E-state index is -1.62. The highest BCUT2D eigenvalue weighted by atomic mass is 16.7. The minimum Gasteiger partial charge on any atom is -0.396 e. The normalized spacial score (nSPS) is 46.1. The Labute approximate surface area is 188 Å². The quantitative estimate of drug-likeness (QED) is 0.108. The van der Waals surface area contributed by atoms with Crippen molar-refractivity contribution < 1.29 is 45.2 Å². The van der Waals surface area contributed by atoms with Crippen LogP contribution < -0.4 is 5.73 Å². The van der Waals surface area contributed by atoms with Gasteiger partial charge < -0.3 is 51.0 Å². The topological polar surface area (TPSA) is 189 Å². The number of fused-ring (bicyclic) bond motifs is 1. The van der Waals surface area contributed by atoms with Crippen LogP contribution in [0.5, 0.6) is 0 Å². The molecule has 12 unspecified atom stereocenters. The smallest absolute Gasteiger partial charge is 0.187 e. The monoisotopic (exact) mass is 464 g/mol. The first kappa shape index (κ1) is 26.2. The molecule has 0 aromatic rings. The summed E-state index contributed by atoms with van der Waals surface area (Å²) >= 11 is 0. The molecule has 1 aliphatic carbocycles. The van der Waals surface area contributed by atoms with Gasteiger partial charge in [-0.1, -0.05) is 25.7 Å². The van der Waals surface area contributed by atoms with Crippen LogP contribution in [0.4, 0.5) is 0 Å². The molecule has 11 heteroatoms. The molecule has 1 saturated carbocycles. The molecule has 0 aromatic carbocycles. The molecule has 2 saturated heterocycles. The van der Waals surface area contributed by atoms with E-state index in [-0.39, 0.29) is 18.7 Å². The Hall–Kier alpha value is -0.440. The fourth-order valence-corrected chi connectivity index (χ4v) is 5.23. The molecule has 11 nitrogen and oxygen atoms in total. The number of unbranched alkanes of at least 4 members (excludes halogenated alkanes) is 5. The predicted molar refractivity (Wildman–Crippen MR) is 112 cm³/mol. The molecule has 188 valence electrons. The summed E-state index contributed by atoms with van der Waals surface area (Å²) in [5.41, 5.74) is 5.50. The van der Waals surface area contributed by atoms with Crippen molar-refractivity contribution >= 4 is 0 Å². The maximum absolute atomic E-state index is 10.7. The van der Waals surface area contributed by atoms with Gasteiger partial charge in [0, 0.05) is 12.0 Å². The summed E-state index contributed by atoms with van der Waals surface area (Å²) in [5, 5.41) is 70.8. The summed E-state index contributed by atoms with van der Waals surface area (Å²) in [4.78, 5) is 2.06. The van der Waals surface area contributed by atoms with Crippen LogP contribution in [0, 0.1) is 5.92 Å². The van der Waals surface area contributed by atoms with Crippen molar-refractivity contribution in [3.8, 4) is 0 Å². The standard InChI is InChI=1S/C21H40N2O9/c22-7-5-3-1-2-4-6-8-23-13-11(9-24)20(18(29)16(27)14(13)23)32-21-19(30)17(28)15(26)12(10-25)31-21/h11-21,24-30H,1-10,22H2. The zero-order valence-corrected chi connectivity index (χ0v) is 18.4. The summed E-state index contributed by atoms with van der Waals surface area (Å²) in [6.07, 6.45) is -4.43. The number of aliphatic hydroxyl groups is 7. The first-order valence-electron chi connectivity index (χ1n) is 11.8. The molecule has 0 spiro atoms. The van der Waals surface area contributed by atoms with E-state index < -0.39 is 61.5 Å². The number of rotatable bonds is 12. The number of nitrogens with zero attached hydrogens (tertiary/aromatic N) is 1. The van der Waals surface area contributed by atoms with Crippen molar-refractivity contribution in [2.45, 2.75) is 99.6 Å². The van der Waals surface area contributed by atoms with Gasteiger partial charge in [-0.25, -0.2) is 0 Å². The molecule has 12 atom stereocenters. The molecule has 0 radical (unpaired) electrons. The third-order valence-corrected chi connectivity index (χ3v) is 7.14. The van der Waals surface area contributed by atoms with Gasteiger partial charge >= 0.3 is 0 Å². The maximum atomic E-state index is 10.7. The Morgan fingerprint density at radius 3 is 2.00 bits per heavy atom. The van der Waals surface area contributed by atoms with Crippen LogP contribution in [0.15, 0.2) is 0 Å². The summed E-state index contributed by atoms with van der Waals surface area (Å²) in [6, 6.07) is -0.445. The molecule has 3 rings (SSSR count). The number of hydrogen-bond donors (Lipinski definition) is 8. The lowest BCUT2D eigenvalue weighted by atomic mass is 9.83. The number of ether oxygens (including phenoxy) is 2. The summed E-state index contributed by atoms with van der Waals surface area (Å²) < 4.78 is 11.1.